The molecule has 0 radical (unpaired) electrons. The number of carbonyl (C=O) groups excluding carboxylic acids is 1. The maximum atomic E-state index is 13.4. The van der Waals surface area contributed by atoms with Gasteiger partial charge in [-0.05, 0) is 55.2 Å². The predicted octanol–water partition coefficient (Wildman–Crippen LogP) is 3.57. The summed E-state index contributed by atoms with van der Waals surface area (Å²) < 4.78 is 19.1. The van der Waals surface area contributed by atoms with Gasteiger partial charge in [-0.2, -0.15) is 0 Å². The van der Waals surface area contributed by atoms with Crippen molar-refractivity contribution in [3.05, 3.63) is 65.0 Å². The first kappa shape index (κ1) is 17.0. The van der Waals surface area contributed by atoms with Crippen LogP contribution < -0.4 is 10.1 Å². The number of rotatable bonds is 7. The molecular formula is C19H22FNO2. The molecule has 0 unspecified atom stereocenters. The summed E-state index contributed by atoms with van der Waals surface area (Å²) in [4.78, 5) is 11.8. The highest BCUT2D eigenvalue weighted by Crippen LogP contribution is 2.15. The van der Waals surface area contributed by atoms with Gasteiger partial charge in [0.15, 0.2) is 0 Å². The Hall–Kier alpha value is -2.36. The fourth-order valence-corrected chi connectivity index (χ4v) is 2.41. The van der Waals surface area contributed by atoms with Crippen LogP contribution in [0.2, 0.25) is 0 Å². The van der Waals surface area contributed by atoms with Gasteiger partial charge in [0.25, 0.3) is 0 Å². The van der Waals surface area contributed by atoms with Crippen molar-refractivity contribution >= 4 is 5.91 Å². The number of ether oxygens (including phenoxy) is 1. The van der Waals surface area contributed by atoms with Crippen LogP contribution in [0.1, 0.15) is 23.1 Å². The summed E-state index contributed by atoms with van der Waals surface area (Å²) in [5.41, 5.74) is 2.86. The number of halogens is 1. The van der Waals surface area contributed by atoms with Crippen molar-refractivity contribution in [3.8, 4) is 5.75 Å². The third-order valence-electron chi connectivity index (χ3n) is 3.47. The van der Waals surface area contributed by atoms with Crippen molar-refractivity contribution < 1.29 is 13.9 Å². The molecule has 2 aromatic carbocycles. The molecule has 0 saturated carbocycles. The molecule has 0 heterocycles. The number of hydrogen-bond acceptors (Lipinski definition) is 2. The highest BCUT2D eigenvalue weighted by molar-refractivity contribution is 5.76. The van der Waals surface area contributed by atoms with Gasteiger partial charge >= 0.3 is 0 Å². The van der Waals surface area contributed by atoms with Crippen LogP contribution in [-0.4, -0.2) is 19.1 Å². The lowest BCUT2D eigenvalue weighted by Crippen LogP contribution is -2.28. The Morgan fingerprint density at radius 3 is 2.52 bits per heavy atom. The highest BCUT2D eigenvalue weighted by Gasteiger charge is 2.05. The van der Waals surface area contributed by atoms with Gasteiger partial charge in [-0.3, -0.25) is 4.79 Å². The Morgan fingerprint density at radius 1 is 1.13 bits per heavy atom. The third-order valence-corrected chi connectivity index (χ3v) is 3.47. The Bertz CT molecular complexity index is 650. The number of hydrogen-bond donors (Lipinski definition) is 1. The van der Waals surface area contributed by atoms with Gasteiger partial charge in [0.1, 0.15) is 18.2 Å². The Balaban J connectivity index is 1.68. The van der Waals surface area contributed by atoms with E-state index in [2.05, 4.69) is 11.4 Å². The van der Waals surface area contributed by atoms with Crippen molar-refractivity contribution in [2.75, 3.05) is 13.2 Å². The van der Waals surface area contributed by atoms with Crippen LogP contribution >= 0.6 is 0 Å². The average Bonchev–Trinajstić information content (AvgIpc) is 2.50. The first-order valence-electron chi connectivity index (χ1n) is 7.76. The summed E-state index contributed by atoms with van der Waals surface area (Å²) in [6.45, 7) is 4.88. The van der Waals surface area contributed by atoms with Crippen LogP contribution in [0.4, 0.5) is 4.39 Å². The Morgan fingerprint density at radius 2 is 1.83 bits per heavy atom. The minimum Gasteiger partial charge on any atom is -0.492 e. The van der Waals surface area contributed by atoms with Crippen LogP contribution in [0, 0.1) is 19.7 Å². The maximum Gasteiger partial charge on any atom is 0.220 e. The molecule has 0 aliphatic heterocycles. The summed E-state index contributed by atoms with van der Waals surface area (Å²) in [5.74, 6) is 0.443. The Kier molecular flexibility index (Phi) is 6.15. The predicted molar refractivity (Wildman–Crippen MR) is 89.1 cm³/mol. The minimum atomic E-state index is -0.265. The number of amides is 1. The lowest BCUT2D eigenvalue weighted by molar-refractivity contribution is -0.121. The lowest BCUT2D eigenvalue weighted by atomic mass is 10.1. The molecule has 23 heavy (non-hydrogen) atoms. The van der Waals surface area contributed by atoms with Crippen molar-refractivity contribution in [2.45, 2.75) is 26.7 Å². The molecule has 0 aromatic heterocycles. The largest absolute Gasteiger partial charge is 0.492 e. The molecule has 1 N–H and O–H groups in total. The van der Waals surface area contributed by atoms with Gasteiger partial charge in [0, 0.05) is 6.42 Å². The fourth-order valence-electron chi connectivity index (χ4n) is 2.41. The molecule has 0 fully saturated rings. The number of nitrogens with one attached hydrogen (secondary N) is 1. The first-order chi connectivity index (χ1) is 11.0. The zero-order valence-electron chi connectivity index (χ0n) is 13.6. The minimum absolute atomic E-state index is 0.0997. The Labute approximate surface area is 136 Å². The monoisotopic (exact) mass is 315 g/mol. The van der Waals surface area contributed by atoms with E-state index in [9.17, 15) is 9.18 Å². The summed E-state index contributed by atoms with van der Waals surface area (Å²) in [7, 11) is 0. The molecule has 0 spiro atoms. The molecule has 0 bridgehead atoms. The molecular weight excluding hydrogens is 293 g/mol. The smallest absolute Gasteiger partial charge is 0.220 e. The van der Waals surface area contributed by atoms with Gasteiger partial charge in [-0.15, -0.1) is 0 Å². The van der Waals surface area contributed by atoms with E-state index in [4.69, 9.17) is 4.74 Å². The molecule has 2 aromatic rings. The van der Waals surface area contributed by atoms with Gasteiger partial charge in [-0.1, -0.05) is 24.3 Å². The molecule has 0 saturated heterocycles. The maximum absolute atomic E-state index is 13.4. The molecule has 3 nitrogen and oxygen atoms in total. The van der Waals surface area contributed by atoms with Crippen molar-refractivity contribution in [2.24, 2.45) is 0 Å². The van der Waals surface area contributed by atoms with E-state index in [0.717, 1.165) is 16.9 Å². The molecule has 2 rings (SSSR count). The zero-order valence-corrected chi connectivity index (χ0v) is 13.6. The van der Waals surface area contributed by atoms with E-state index >= 15 is 0 Å². The van der Waals surface area contributed by atoms with E-state index in [1.807, 2.05) is 26.0 Å². The lowest BCUT2D eigenvalue weighted by Gasteiger charge is -2.09. The first-order valence-corrected chi connectivity index (χ1v) is 7.76. The van der Waals surface area contributed by atoms with Crippen LogP contribution in [0.5, 0.6) is 5.75 Å². The second-order valence-electron chi connectivity index (χ2n) is 5.61. The molecule has 1 amide bonds. The zero-order chi connectivity index (χ0) is 16.7. The van der Waals surface area contributed by atoms with Crippen LogP contribution in [0.25, 0.3) is 0 Å². The fraction of sp³-hybridized carbons (Fsp3) is 0.316. The second kappa shape index (κ2) is 8.32. The number of aryl methyl sites for hydroxylation is 3. The van der Waals surface area contributed by atoms with Crippen molar-refractivity contribution in [1.29, 1.82) is 0 Å². The normalized spacial score (nSPS) is 10.4. The number of benzene rings is 2. The second-order valence-corrected chi connectivity index (χ2v) is 5.61. The molecule has 4 heteroatoms. The van der Waals surface area contributed by atoms with E-state index < -0.39 is 0 Å². The molecule has 0 aliphatic rings. The van der Waals surface area contributed by atoms with E-state index in [0.29, 0.717) is 25.1 Å². The van der Waals surface area contributed by atoms with Gasteiger partial charge in [-0.25, -0.2) is 4.39 Å². The standard InChI is InChI=1S/C19H22FNO2/c1-14-11-15(2)13-17(12-14)23-10-9-21-19(22)8-7-16-5-3-4-6-18(16)20/h3-6,11-13H,7-10H2,1-2H3,(H,21,22). The average molecular weight is 315 g/mol. The summed E-state index contributed by atoms with van der Waals surface area (Å²) >= 11 is 0. The van der Waals surface area contributed by atoms with E-state index in [1.165, 1.54) is 6.07 Å². The topological polar surface area (TPSA) is 38.3 Å². The van der Waals surface area contributed by atoms with Gasteiger partial charge < -0.3 is 10.1 Å². The van der Waals surface area contributed by atoms with Gasteiger partial charge in [0.2, 0.25) is 5.91 Å². The molecule has 0 aliphatic carbocycles. The molecule has 122 valence electrons. The SMILES string of the molecule is Cc1cc(C)cc(OCCNC(=O)CCc2ccccc2F)c1. The summed E-state index contributed by atoms with van der Waals surface area (Å²) in [5, 5.41) is 2.79. The molecule has 0 atom stereocenters. The van der Waals surface area contributed by atoms with Crippen molar-refractivity contribution in [1.82, 2.24) is 5.32 Å². The van der Waals surface area contributed by atoms with Crippen molar-refractivity contribution in [3.63, 3.8) is 0 Å². The quantitative estimate of drug-likeness (QED) is 0.793. The third kappa shape index (κ3) is 5.74. The van der Waals surface area contributed by atoms with Crippen LogP contribution in [0.15, 0.2) is 42.5 Å². The van der Waals surface area contributed by atoms with E-state index in [-0.39, 0.29) is 18.1 Å². The number of carbonyl (C=O) groups is 1. The highest BCUT2D eigenvalue weighted by atomic mass is 19.1. The van der Waals surface area contributed by atoms with Crippen LogP contribution in [0.3, 0.4) is 0 Å². The van der Waals surface area contributed by atoms with Gasteiger partial charge in [0.05, 0.1) is 6.54 Å². The van der Waals surface area contributed by atoms with Crippen LogP contribution in [-0.2, 0) is 11.2 Å². The summed E-state index contributed by atoms with van der Waals surface area (Å²) in [6.07, 6.45) is 0.668. The summed E-state index contributed by atoms with van der Waals surface area (Å²) in [6, 6.07) is 12.5. The van der Waals surface area contributed by atoms with E-state index in [1.54, 1.807) is 18.2 Å².